The van der Waals surface area contributed by atoms with Crippen LogP contribution in [0.2, 0.25) is 0 Å². The first-order valence-corrected chi connectivity index (χ1v) is 8.03. The molecule has 1 saturated heterocycles. The molecule has 2 N–H and O–H groups in total. The van der Waals surface area contributed by atoms with Gasteiger partial charge in [0.05, 0.1) is 23.5 Å². The number of anilines is 2. The summed E-state index contributed by atoms with van der Waals surface area (Å²) >= 11 is 0. The van der Waals surface area contributed by atoms with Crippen molar-refractivity contribution in [3.63, 3.8) is 0 Å². The van der Waals surface area contributed by atoms with Crippen LogP contribution in [-0.2, 0) is 20.8 Å². The van der Waals surface area contributed by atoms with Crippen LogP contribution in [0.15, 0.2) is 48.5 Å². The van der Waals surface area contributed by atoms with Crippen molar-refractivity contribution in [2.45, 2.75) is 18.9 Å². The van der Waals surface area contributed by atoms with Crippen molar-refractivity contribution in [1.29, 1.82) is 0 Å². The highest BCUT2D eigenvalue weighted by atomic mass is 16.6. The molecule has 0 aliphatic carbocycles. The Hall–Kier alpha value is -3.75. The standard InChI is InChI=1S/C18H15N3O6/c22-16-10-15(19-12-3-7-14(8-4-12)21(26)27)18(25)20(16)13-5-1-11(2-6-13)9-17(23)24/h1-8,15,19H,9-10H2,(H,23,24). The molecule has 2 aromatic carbocycles. The van der Waals surface area contributed by atoms with Gasteiger partial charge in [-0.05, 0) is 29.8 Å². The fraction of sp³-hybridized carbons (Fsp3) is 0.167. The van der Waals surface area contributed by atoms with Crippen LogP contribution in [0.3, 0.4) is 0 Å². The summed E-state index contributed by atoms with van der Waals surface area (Å²) < 4.78 is 0. The Labute approximate surface area is 153 Å². The van der Waals surface area contributed by atoms with Crippen LogP contribution in [0.5, 0.6) is 0 Å². The van der Waals surface area contributed by atoms with E-state index in [9.17, 15) is 24.5 Å². The highest BCUT2D eigenvalue weighted by Gasteiger charge is 2.39. The number of amides is 2. The Balaban J connectivity index is 1.72. The maximum atomic E-state index is 12.6. The maximum absolute atomic E-state index is 12.6. The zero-order chi connectivity index (χ0) is 19.6. The molecule has 3 rings (SSSR count). The molecule has 0 bridgehead atoms. The largest absolute Gasteiger partial charge is 0.481 e. The third kappa shape index (κ3) is 3.92. The van der Waals surface area contributed by atoms with E-state index in [1.54, 1.807) is 12.1 Å². The number of imide groups is 1. The Morgan fingerprint density at radius 2 is 1.78 bits per heavy atom. The molecule has 9 heteroatoms. The molecule has 138 valence electrons. The van der Waals surface area contributed by atoms with Gasteiger partial charge in [-0.2, -0.15) is 0 Å². The van der Waals surface area contributed by atoms with Gasteiger partial charge in [-0.25, -0.2) is 4.90 Å². The summed E-state index contributed by atoms with van der Waals surface area (Å²) in [6, 6.07) is 11.0. The number of non-ortho nitro benzene ring substituents is 1. The third-order valence-electron chi connectivity index (χ3n) is 4.12. The number of carboxylic acid groups (broad SMARTS) is 1. The first-order chi connectivity index (χ1) is 12.8. The van der Waals surface area contributed by atoms with Crippen molar-refractivity contribution in [3.05, 3.63) is 64.2 Å². The zero-order valence-corrected chi connectivity index (χ0v) is 14.0. The van der Waals surface area contributed by atoms with E-state index in [0.29, 0.717) is 16.9 Å². The smallest absolute Gasteiger partial charge is 0.307 e. The number of nitro groups is 1. The minimum absolute atomic E-state index is 0.0489. The van der Waals surface area contributed by atoms with Gasteiger partial charge in [0.1, 0.15) is 6.04 Å². The van der Waals surface area contributed by atoms with Gasteiger partial charge in [0, 0.05) is 17.8 Å². The predicted molar refractivity (Wildman–Crippen MR) is 95.4 cm³/mol. The average molecular weight is 369 g/mol. The van der Waals surface area contributed by atoms with Gasteiger partial charge >= 0.3 is 5.97 Å². The number of rotatable bonds is 6. The summed E-state index contributed by atoms with van der Waals surface area (Å²) in [5, 5.41) is 22.4. The highest BCUT2D eigenvalue weighted by Crippen LogP contribution is 2.26. The fourth-order valence-corrected chi connectivity index (χ4v) is 2.83. The summed E-state index contributed by atoms with van der Waals surface area (Å²) in [4.78, 5) is 46.8. The molecule has 2 aromatic rings. The summed E-state index contributed by atoms with van der Waals surface area (Å²) in [7, 11) is 0. The lowest BCUT2D eigenvalue weighted by atomic mass is 10.1. The Bertz CT molecular complexity index is 908. The molecular weight excluding hydrogens is 354 g/mol. The van der Waals surface area contributed by atoms with E-state index >= 15 is 0 Å². The number of benzene rings is 2. The van der Waals surface area contributed by atoms with Crippen molar-refractivity contribution < 1.29 is 24.4 Å². The molecule has 0 radical (unpaired) electrons. The lowest BCUT2D eigenvalue weighted by molar-refractivity contribution is -0.384. The molecular formula is C18H15N3O6. The van der Waals surface area contributed by atoms with Gasteiger partial charge in [0.25, 0.3) is 11.6 Å². The van der Waals surface area contributed by atoms with Crippen molar-refractivity contribution in [3.8, 4) is 0 Å². The Kier molecular flexibility index (Phi) is 4.84. The second-order valence-corrected chi connectivity index (χ2v) is 6.01. The molecule has 2 amide bonds. The Morgan fingerprint density at radius 3 is 2.33 bits per heavy atom. The molecule has 1 atom stereocenters. The van der Waals surface area contributed by atoms with Gasteiger partial charge in [0.15, 0.2) is 0 Å². The van der Waals surface area contributed by atoms with Crippen molar-refractivity contribution in [1.82, 2.24) is 0 Å². The number of hydrogen-bond acceptors (Lipinski definition) is 6. The van der Waals surface area contributed by atoms with Crippen LogP contribution in [0.25, 0.3) is 0 Å². The second kappa shape index (κ2) is 7.24. The number of nitrogens with zero attached hydrogens (tertiary/aromatic N) is 2. The number of nitro benzene ring substituents is 1. The average Bonchev–Trinajstić information content (AvgIpc) is 2.89. The summed E-state index contributed by atoms with van der Waals surface area (Å²) in [6.45, 7) is 0. The van der Waals surface area contributed by atoms with Crippen LogP contribution in [0.1, 0.15) is 12.0 Å². The number of carbonyl (C=O) groups excluding carboxylic acids is 2. The maximum Gasteiger partial charge on any atom is 0.307 e. The number of nitrogens with one attached hydrogen (secondary N) is 1. The van der Waals surface area contributed by atoms with Gasteiger partial charge in [0.2, 0.25) is 5.91 Å². The second-order valence-electron chi connectivity index (χ2n) is 6.01. The molecule has 1 aliphatic heterocycles. The van der Waals surface area contributed by atoms with Crippen molar-refractivity contribution in [2.24, 2.45) is 0 Å². The molecule has 9 nitrogen and oxygen atoms in total. The van der Waals surface area contributed by atoms with E-state index in [1.165, 1.54) is 36.4 Å². The normalized spacial score (nSPS) is 16.4. The van der Waals surface area contributed by atoms with Gasteiger partial charge < -0.3 is 10.4 Å². The molecule has 0 aromatic heterocycles. The van der Waals surface area contributed by atoms with Gasteiger partial charge in [-0.1, -0.05) is 12.1 Å². The van der Waals surface area contributed by atoms with Crippen LogP contribution >= 0.6 is 0 Å². The molecule has 1 fully saturated rings. The predicted octanol–water partition coefficient (Wildman–Crippen LogP) is 1.97. The molecule has 0 spiro atoms. The molecule has 1 unspecified atom stereocenters. The summed E-state index contributed by atoms with van der Waals surface area (Å²) in [5.74, 6) is -1.79. The van der Waals surface area contributed by atoms with E-state index in [2.05, 4.69) is 5.32 Å². The van der Waals surface area contributed by atoms with Crippen LogP contribution in [-0.4, -0.2) is 33.9 Å². The van der Waals surface area contributed by atoms with E-state index in [1.807, 2.05) is 0 Å². The summed E-state index contributed by atoms with van der Waals surface area (Å²) in [5.41, 5.74) is 1.35. The van der Waals surface area contributed by atoms with Crippen LogP contribution in [0.4, 0.5) is 17.1 Å². The van der Waals surface area contributed by atoms with E-state index in [0.717, 1.165) is 4.90 Å². The monoisotopic (exact) mass is 369 g/mol. The first-order valence-electron chi connectivity index (χ1n) is 8.03. The molecule has 0 saturated carbocycles. The van der Waals surface area contributed by atoms with E-state index in [4.69, 9.17) is 5.11 Å². The van der Waals surface area contributed by atoms with Gasteiger partial charge in [-0.15, -0.1) is 0 Å². The number of hydrogen-bond donors (Lipinski definition) is 2. The lowest BCUT2D eigenvalue weighted by Gasteiger charge is -2.16. The molecule has 27 heavy (non-hydrogen) atoms. The topological polar surface area (TPSA) is 130 Å². The van der Waals surface area contributed by atoms with Crippen molar-refractivity contribution >= 4 is 34.8 Å². The fourth-order valence-electron chi connectivity index (χ4n) is 2.83. The minimum atomic E-state index is -0.969. The van der Waals surface area contributed by atoms with Crippen LogP contribution in [0, 0.1) is 10.1 Å². The van der Waals surface area contributed by atoms with Crippen LogP contribution < -0.4 is 10.2 Å². The van der Waals surface area contributed by atoms with Crippen molar-refractivity contribution in [2.75, 3.05) is 10.2 Å². The Morgan fingerprint density at radius 1 is 1.15 bits per heavy atom. The van der Waals surface area contributed by atoms with E-state index in [-0.39, 0.29) is 24.4 Å². The number of carbonyl (C=O) groups is 3. The zero-order valence-electron chi connectivity index (χ0n) is 14.0. The lowest BCUT2D eigenvalue weighted by Crippen LogP contribution is -2.34. The van der Waals surface area contributed by atoms with E-state index < -0.39 is 22.8 Å². The number of carboxylic acids is 1. The van der Waals surface area contributed by atoms with Gasteiger partial charge in [-0.3, -0.25) is 24.5 Å². The third-order valence-corrected chi connectivity index (χ3v) is 4.12. The minimum Gasteiger partial charge on any atom is -0.481 e. The number of aliphatic carboxylic acids is 1. The SMILES string of the molecule is O=C(O)Cc1ccc(N2C(=O)CC(Nc3ccc([N+](=O)[O-])cc3)C2=O)cc1. The first kappa shape index (κ1) is 18.1. The quantitative estimate of drug-likeness (QED) is 0.452. The summed E-state index contributed by atoms with van der Waals surface area (Å²) in [6.07, 6.45) is -0.195. The molecule has 1 heterocycles. The molecule has 1 aliphatic rings. The highest BCUT2D eigenvalue weighted by molar-refractivity contribution is 6.23.